The molecule has 0 unspecified atom stereocenters. The predicted molar refractivity (Wildman–Crippen MR) is 103 cm³/mol. The van der Waals surface area contributed by atoms with Crippen molar-refractivity contribution in [3.63, 3.8) is 0 Å². The van der Waals surface area contributed by atoms with Gasteiger partial charge in [-0.2, -0.15) is 0 Å². The van der Waals surface area contributed by atoms with Crippen LogP contribution in [0.5, 0.6) is 0 Å². The molecule has 0 rings (SSSR count). The Labute approximate surface area is 149 Å². The van der Waals surface area contributed by atoms with E-state index in [4.69, 9.17) is 0 Å². The first-order valence-electron chi connectivity index (χ1n) is 9.13. The number of amides is 1. The SMILES string of the molecule is CC(C)CNC(=NCC(=O)N(C)C)NCCCN(C(C)C)C(C)C. The molecule has 142 valence electrons. The third-order valence-electron chi connectivity index (χ3n) is 3.76. The fraction of sp³-hybridized carbons (Fsp3) is 0.889. The molecule has 0 fully saturated rings. The number of hydrogen-bond acceptors (Lipinski definition) is 3. The van der Waals surface area contributed by atoms with Crippen LogP contribution in [-0.2, 0) is 4.79 Å². The number of aliphatic imine (C=N–C) groups is 1. The second-order valence-electron chi connectivity index (χ2n) is 7.43. The van der Waals surface area contributed by atoms with Gasteiger partial charge in [-0.15, -0.1) is 0 Å². The summed E-state index contributed by atoms with van der Waals surface area (Å²) in [5.41, 5.74) is 0. The fourth-order valence-corrected chi connectivity index (χ4v) is 2.34. The van der Waals surface area contributed by atoms with Crippen LogP contribution in [0.4, 0.5) is 0 Å². The van der Waals surface area contributed by atoms with Crippen molar-refractivity contribution >= 4 is 11.9 Å². The van der Waals surface area contributed by atoms with Crippen molar-refractivity contribution in [2.75, 3.05) is 40.3 Å². The maximum atomic E-state index is 11.7. The molecule has 6 nitrogen and oxygen atoms in total. The van der Waals surface area contributed by atoms with Crippen LogP contribution in [-0.4, -0.2) is 74.0 Å². The number of rotatable bonds is 10. The number of nitrogens with zero attached hydrogens (tertiary/aromatic N) is 3. The molecule has 0 aliphatic rings. The molecule has 6 heteroatoms. The number of likely N-dealkylation sites (N-methyl/N-ethyl adjacent to an activating group) is 1. The summed E-state index contributed by atoms with van der Waals surface area (Å²) in [6.07, 6.45) is 1.04. The molecular formula is C18H39N5O. The van der Waals surface area contributed by atoms with Crippen molar-refractivity contribution in [3.8, 4) is 0 Å². The molecule has 0 aromatic rings. The van der Waals surface area contributed by atoms with Crippen LogP contribution in [0.2, 0.25) is 0 Å². The highest BCUT2D eigenvalue weighted by Gasteiger charge is 2.12. The summed E-state index contributed by atoms with van der Waals surface area (Å²) in [7, 11) is 3.50. The summed E-state index contributed by atoms with van der Waals surface area (Å²) in [5, 5.41) is 6.65. The Bertz CT molecular complexity index is 370. The van der Waals surface area contributed by atoms with E-state index in [1.807, 2.05) is 0 Å². The van der Waals surface area contributed by atoms with E-state index in [0.717, 1.165) is 32.0 Å². The summed E-state index contributed by atoms with van der Waals surface area (Å²) in [6.45, 7) is 16.1. The van der Waals surface area contributed by atoms with Gasteiger partial charge in [-0.3, -0.25) is 9.69 Å². The summed E-state index contributed by atoms with van der Waals surface area (Å²) >= 11 is 0. The Morgan fingerprint density at radius 3 is 2.04 bits per heavy atom. The molecule has 0 radical (unpaired) electrons. The molecule has 0 aromatic carbocycles. The van der Waals surface area contributed by atoms with E-state index in [0.29, 0.717) is 18.0 Å². The van der Waals surface area contributed by atoms with Gasteiger partial charge in [0.15, 0.2) is 5.96 Å². The maximum Gasteiger partial charge on any atom is 0.243 e. The van der Waals surface area contributed by atoms with E-state index >= 15 is 0 Å². The van der Waals surface area contributed by atoms with Crippen LogP contribution in [0.15, 0.2) is 4.99 Å². The fourth-order valence-electron chi connectivity index (χ4n) is 2.34. The highest BCUT2D eigenvalue weighted by Crippen LogP contribution is 2.05. The normalized spacial score (nSPS) is 12.4. The Morgan fingerprint density at radius 2 is 1.58 bits per heavy atom. The minimum Gasteiger partial charge on any atom is -0.356 e. The van der Waals surface area contributed by atoms with Gasteiger partial charge in [0.25, 0.3) is 0 Å². The third kappa shape index (κ3) is 10.5. The van der Waals surface area contributed by atoms with Crippen LogP contribution < -0.4 is 10.6 Å². The summed E-state index contributed by atoms with van der Waals surface area (Å²) in [5.74, 6) is 1.25. The van der Waals surface area contributed by atoms with Crippen LogP contribution in [0, 0.1) is 5.92 Å². The average molecular weight is 342 g/mol. The Hall–Kier alpha value is -1.30. The van der Waals surface area contributed by atoms with Gasteiger partial charge in [0.1, 0.15) is 6.54 Å². The Balaban J connectivity index is 4.44. The largest absolute Gasteiger partial charge is 0.356 e. The summed E-state index contributed by atoms with van der Waals surface area (Å²) in [6, 6.07) is 1.10. The van der Waals surface area contributed by atoms with Gasteiger partial charge in [0.05, 0.1) is 0 Å². The van der Waals surface area contributed by atoms with Crippen molar-refractivity contribution in [1.29, 1.82) is 0 Å². The third-order valence-corrected chi connectivity index (χ3v) is 3.76. The topological polar surface area (TPSA) is 60.0 Å². The lowest BCUT2D eigenvalue weighted by Crippen LogP contribution is -2.42. The van der Waals surface area contributed by atoms with Gasteiger partial charge < -0.3 is 15.5 Å². The van der Waals surface area contributed by atoms with E-state index in [-0.39, 0.29) is 12.5 Å². The smallest absolute Gasteiger partial charge is 0.243 e. The highest BCUT2D eigenvalue weighted by atomic mass is 16.2. The minimum absolute atomic E-state index is 0.00596. The molecule has 0 spiro atoms. The van der Waals surface area contributed by atoms with Crippen LogP contribution in [0.25, 0.3) is 0 Å². The van der Waals surface area contributed by atoms with Crippen molar-refractivity contribution in [1.82, 2.24) is 20.4 Å². The van der Waals surface area contributed by atoms with Crippen molar-refractivity contribution in [3.05, 3.63) is 0 Å². The summed E-state index contributed by atoms with van der Waals surface area (Å²) < 4.78 is 0. The Morgan fingerprint density at radius 1 is 1.00 bits per heavy atom. The van der Waals surface area contributed by atoms with Crippen molar-refractivity contribution in [2.24, 2.45) is 10.9 Å². The molecule has 0 saturated carbocycles. The monoisotopic (exact) mass is 341 g/mol. The zero-order valence-electron chi connectivity index (χ0n) is 17.0. The molecule has 2 N–H and O–H groups in total. The molecule has 24 heavy (non-hydrogen) atoms. The summed E-state index contributed by atoms with van der Waals surface area (Å²) in [4.78, 5) is 20.1. The molecular weight excluding hydrogens is 302 g/mol. The van der Waals surface area contributed by atoms with Gasteiger partial charge in [0, 0.05) is 45.8 Å². The zero-order chi connectivity index (χ0) is 18.7. The lowest BCUT2D eigenvalue weighted by Gasteiger charge is -2.30. The number of carbonyl (C=O) groups excluding carboxylic acids is 1. The highest BCUT2D eigenvalue weighted by molar-refractivity contribution is 5.84. The van der Waals surface area contributed by atoms with Crippen LogP contribution in [0.1, 0.15) is 48.0 Å². The van der Waals surface area contributed by atoms with Gasteiger partial charge >= 0.3 is 0 Å². The molecule has 0 aromatic heterocycles. The lowest BCUT2D eigenvalue weighted by atomic mass is 10.2. The molecule has 0 aliphatic heterocycles. The minimum atomic E-state index is 0.00596. The molecule has 0 saturated heterocycles. The van der Waals surface area contributed by atoms with E-state index in [1.54, 1.807) is 19.0 Å². The zero-order valence-corrected chi connectivity index (χ0v) is 17.0. The van der Waals surface area contributed by atoms with E-state index in [9.17, 15) is 4.79 Å². The molecule has 0 bridgehead atoms. The average Bonchev–Trinajstić information content (AvgIpc) is 2.47. The quantitative estimate of drug-likeness (QED) is 0.361. The number of guanidine groups is 1. The molecule has 0 aliphatic carbocycles. The lowest BCUT2D eigenvalue weighted by molar-refractivity contribution is -0.127. The van der Waals surface area contributed by atoms with Crippen LogP contribution >= 0.6 is 0 Å². The second kappa shape index (κ2) is 12.1. The number of carbonyl (C=O) groups is 1. The van der Waals surface area contributed by atoms with E-state index in [2.05, 4.69) is 62.1 Å². The first kappa shape index (κ1) is 22.7. The van der Waals surface area contributed by atoms with Gasteiger partial charge in [-0.25, -0.2) is 4.99 Å². The van der Waals surface area contributed by atoms with Crippen molar-refractivity contribution < 1.29 is 4.79 Å². The van der Waals surface area contributed by atoms with E-state index < -0.39 is 0 Å². The second-order valence-corrected chi connectivity index (χ2v) is 7.43. The first-order chi connectivity index (χ1) is 11.1. The maximum absolute atomic E-state index is 11.7. The van der Waals surface area contributed by atoms with Crippen LogP contribution in [0.3, 0.4) is 0 Å². The molecule has 0 atom stereocenters. The Kier molecular flexibility index (Phi) is 11.5. The molecule has 0 heterocycles. The molecule has 1 amide bonds. The number of hydrogen-bond donors (Lipinski definition) is 2. The van der Waals surface area contributed by atoms with Gasteiger partial charge in [0.2, 0.25) is 5.91 Å². The standard InChI is InChI=1S/C18H39N5O/c1-14(2)12-20-18(21-13-17(24)22(7)8)19-10-9-11-23(15(3)4)16(5)6/h14-16H,9-13H2,1-8H3,(H2,19,20,21). The predicted octanol–water partition coefficient (Wildman–Crippen LogP) is 1.77. The number of nitrogens with one attached hydrogen (secondary N) is 2. The van der Waals surface area contributed by atoms with Gasteiger partial charge in [-0.05, 0) is 40.0 Å². The van der Waals surface area contributed by atoms with Gasteiger partial charge in [-0.1, -0.05) is 13.8 Å². The van der Waals surface area contributed by atoms with Crippen molar-refractivity contribution in [2.45, 2.75) is 60.0 Å². The first-order valence-corrected chi connectivity index (χ1v) is 9.13. The van der Waals surface area contributed by atoms with E-state index in [1.165, 1.54) is 0 Å².